The number of aromatic carboxylic acids is 2. The average Bonchev–Trinajstić information content (AvgIpc) is 3.08. The van der Waals surface area contributed by atoms with Gasteiger partial charge in [0, 0.05) is 18.9 Å². The zero-order valence-corrected chi connectivity index (χ0v) is 31.1. The molecule has 7 N–H and O–H groups in total. The van der Waals surface area contributed by atoms with Gasteiger partial charge < -0.3 is 36.0 Å². The van der Waals surface area contributed by atoms with Crippen LogP contribution in [0.1, 0.15) is 118 Å². The number of carboxylic acid groups (broad SMARTS) is 4. The van der Waals surface area contributed by atoms with Crippen LogP contribution in [0.2, 0.25) is 0 Å². The number of carbonyl (C=O) groups is 5. The molecule has 0 fully saturated rings. The number of hydrogen-bond acceptors (Lipinski definition) is 7. The van der Waals surface area contributed by atoms with Gasteiger partial charge in [0.2, 0.25) is 5.91 Å². The Hall–Kier alpha value is -5.07. The molecule has 1 atom stereocenters. The number of unbranched alkanes of at least 4 members (excludes halogenated alkanes) is 3. The highest BCUT2D eigenvalue weighted by Crippen LogP contribution is 2.29. The van der Waals surface area contributed by atoms with Crippen molar-refractivity contribution < 1.29 is 54.6 Å². The monoisotopic (exact) mass is 725 g/mol. The van der Waals surface area contributed by atoms with E-state index >= 15 is 0 Å². The molecular weight excluding hydrogens is 670 g/mol. The molecule has 3 aromatic carbocycles. The van der Waals surface area contributed by atoms with Crippen LogP contribution >= 0.6 is 0 Å². The predicted octanol–water partition coefficient (Wildman–Crippen LogP) is 6.77. The Labute approximate surface area is 306 Å². The first-order chi connectivity index (χ1) is 24.1. The van der Waals surface area contributed by atoms with Gasteiger partial charge >= 0.3 is 23.9 Å². The minimum atomic E-state index is -1.13. The molecule has 52 heavy (non-hydrogen) atoms. The van der Waals surface area contributed by atoms with Crippen LogP contribution in [0.3, 0.4) is 0 Å². The maximum absolute atomic E-state index is 11.1. The second-order valence-corrected chi connectivity index (χ2v) is 13.3. The third-order valence-corrected chi connectivity index (χ3v) is 7.50. The fraction of sp³-hybridized carbons (Fsp3) is 0.425. The topological polar surface area (TPSA) is 219 Å². The van der Waals surface area contributed by atoms with Crippen LogP contribution in [-0.4, -0.2) is 67.0 Å². The van der Waals surface area contributed by atoms with Crippen molar-refractivity contribution in [1.82, 2.24) is 5.32 Å². The van der Waals surface area contributed by atoms with Crippen LogP contribution in [0.5, 0.6) is 0 Å². The van der Waals surface area contributed by atoms with Crippen molar-refractivity contribution in [1.29, 1.82) is 0 Å². The summed E-state index contributed by atoms with van der Waals surface area (Å²) in [7, 11) is 0. The summed E-state index contributed by atoms with van der Waals surface area (Å²) in [6.07, 6.45) is 3.80. The smallest absolute Gasteiger partial charge is 0.335 e. The summed E-state index contributed by atoms with van der Waals surface area (Å²) in [5, 5.41) is 56.8. The van der Waals surface area contributed by atoms with E-state index in [1.165, 1.54) is 24.3 Å². The highest BCUT2D eigenvalue weighted by molar-refractivity contribution is 5.88. The fourth-order valence-electron chi connectivity index (χ4n) is 4.06. The van der Waals surface area contributed by atoms with Gasteiger partial charge in [0.05, 0.1) is 22.6 Å². The van der Waals surface area contributed by atoms with Crippen LogP contribution in [0.25, 0.3) is 0 Å². The van der Waals surface area contributed by atoms with Crippen molar-refractivity contribution in [3.05, 3.63) is 107 Å². The first kappa shape index (κ1) is 46.9. The number of benzene rings is 3. The van der Waals surface area contributed by atoms with E-state index in [2.05, 4.69) is 5.32 Å². The molecular formula is C40H55NO11. The summed E-state index contributed by atoms with van der Waals surface area (Å²) >= 11 is 0. The molecule has 1 unspecified atom stereocenters. The van der Waals surface area contributed by atoms with Gasteiger partial charge in [-0.15, -0.1) is 0 Å². The zero-order valence-electron chi connectivity index (χ0n) is 31.1. The molecule has 0 aliphatic carbocycles. The average molecular weight is 726 g/mol. The van der Waals surface area contributed by atoms with Gasteiger partial charge in [-0.3, -0.25) is 14.4 Å². The Bertz CT molecular complexity index is 1520. The highest BCUT2D eigenvalue weighted by atomic mass is 16.4. The van der Waals surface area contributed by atoms with Crippen LogP contribution in [-0.2, 0) is 25.6 Å². The lowest BCUT2D eigenvalue weighted by atomic mass is 9.88. The molecule has 0 saturated carbocycles. The highest BCUT2D eigenvalue weighted by Gasteiger charge is 2.25. The number of aliphatic hydroxyl groups is 2. The van der Waals surface area contributed by atoms with Gasteiger partial charge in [-0.1, -0.05) is 95.1 Å². The molecule has 0 aromatic heterocycles. The van der Waals surface area contributed by atoms with E-state index in [0.29, 0.717) is 17.7 Å². The van der Waals surface area contributed by atoms with Crippen molar-refractivity contribution in [2.45, 2.75) is 91.8 Å². The van der Waals surface area contributed by atoms with E-state index in [9.17, 15) is 34.2 Å². The summed E-state index contributed by atoms with van der Waals surface area (Å²) in [6, 6.07) is 21.7. The SMILES string of the molecule is CC(C)(O)c1ccc(C(=O)O)cc1.CC(C)C(=O)NCCCCCCC(=O)O.CC(C)C(=O)O.CC(O)(c1ccccc1)c1ccc(C(=O)O)cc1. The molecule has 0 bridgehead atoms. The Morgan fingerprint density at radius 2 is 0.981 bits per heavy atom. The number of hydrogen-bond donors (Lipinski definition) is 7. The molecule has 12 nitrogen and oxygen atoms in total. The first-order valence-corrected chi connectivity index (χ1v) is 17.0. The molecule has 0 radical (unpaired) electrons. The lowest BCUT2D eigenvalue weighted by Gasteiger charge is -2.24. The number of aliphatic carboxylic acids is 2. The predicted molar refractivity (Wildman–Crippen MR) is 198 cm³/mol. The van der Waals surface area contributed by atoms with Crippen LogP contribution in [0.15, 0.2) is 78.9 Å². The van der Waals surface area contributed by atoms with Gasteiger partial charge in [0.1, 0.15) is 5.60 Å². The van der Waals surface area contributed by atoms with Gasteiger partial charge in [-0.2, -0.15) is 0 Å². The van der Waals surface area contributed by atoms with Gasteiger partial charge in [-0.25, -0.2) is 9.59 Å². The van der Waals surface area contributed by atoms with E-state index in [0.717, 1.165) is 31.2 Å². The summed E-state index contributed by atoms with van der Waals surface area (Å²) in [5.41, 5.74) is 0.537. The minimum Gasteiger partial charge on any atom is -0.481 e. The number of carbonyl (C=O) groups excluding carboxylic acids is 1. The molecule has 3 rings (SSSR count). The zero-order chi connectivity index (χ0) is 40.1. The molecule has 0 aliphatic heterocycles. The summed E-state index contributed by atoms with van der Waals surface area (Å²) in [5.74, 6) is -3.51. The van der Waals surface area contributed by atoms with Crippen molar-refractivity contribution in [3.63, 3.8) is 0 Å². The molecule has 0 spiro atoms. The van der Waals surface area contributed by atoms with Crippen molar-refractivity contribution in [2.24, 2.45) is 11.8 Å². The summed E-state index contributed by atoms with van der Waals surface area (Å²) in [6.45, 7) is 12.7. The molecule has 0 aliphatic rings. The normalized spacial score (nSPS) is 11.7. The Balaban J connectivity index is 0.000000703. The van der Waals surface area contributed by atoms with E-state index in [1.807, 2.05) is 44.2 Å². The maximum atomic E-state index is 11.1. The van der Waals surface area contributed by atoms with E-state index in [-0.39, 0.29) is 35.3 Å². The molecule has 1 amide bonds. The van der Waals surface area contributed by atoms with Crippen molar-refractivity contribution >= 4 is 29.8 Å². The van der Waals surface area contributed by atoms with Crippen LogP contribution in [0.4, 0.5) is 0 Å². The molecule has 286 valence electrons. The second-order valence-electron chi connectivity index (χ2n) is 13.3. The fourth-order valence-corrected chi connectivity index (χ4v) is 4.06. The summed E-state index contributed by atoms with van der Waals surface area (Å²) < 4.78 is 0. The minimum absolute atomic E-state index is 0.0389. The lowest BCUT2D eigenvalue weighted by molar-refractivity contribution is -0.140. The standard InChI is InChI=1S/C15H14O3.C11H21NO3.C10H12O3.C4H8O2/c1-15(18,12-5-3-2-4-6-12)13-9-7-11(8-10-13)14(16)17;1-9(2)11(15)12-8-6-4-3-5-7-10(13)14;1-10(2,13)8-5-3-7(4-6-8)9(11)12;1-3(2)4(5)6/h2-10,18H,1H3,(H,16,17);9H,3-8H2,1-2H3,(H,12,15)(H,13,14);3-6,13H,1-2H3,(H,11,12);3H,1-2H3,(H,5,6). The van der Waals surface area contributed by atoms with Gasteiger partial charge in [-0.05, 0) is 74.6 Å². The molecule has 0 heterocycles. The number of amides is 1. The Morgan fingerprint density at radius 1 is 0.577 bits per heavy atom. The van der Waals surface area contributed by atoms with Crippen molar-refractivity contribution in [2.75, 3.05) is 6.54 Å². The number of carboxylic acids is 4. The maximum Gasteiger partial charge on any atom is 0.335 e. The van der Waals surface area contributed by atoms with Gasteiger partial charge in [0.15, 0.2) is 0 Å². The van der Waals surface area contributed by atoms with E-state index in [1.54, 1.807) is 58.9 Å². The van der Waals surface area contributed by atoms with Crippen molar-refractivity contribution in [3.8, 4) is 0 Å². The largest absolute Gasteiger partial charge is 0.481 e. The summed E-state index contributed by atoms with van der Waals surface area (Å²) in [4.78, 5) is 52.3. The number of nitrogens with one attached hydrogen (secondary N) is 1. The van der Waals surface area contributed by atoms with E-state index in [4.69, 9.17) is 20.4 Å². The Kier molecular flexibility index (Phi) is 21.1. The van der Waals surface area contributed by atoms with Gasteiger partial charge in [0.25, 0.3) is 0 Å². The lowest BCUT2D eigenvalue weighted by Crippen LogP contribution is -2.28. The molecule has 12 heteroatoms. The third kappa shape index (κ3) is 19.4. The molecule has 0 saturated heterocycles. The van der Waals surface area contributed by atoms with Crippen LogP contribution in [0, 0.1) is 11.8 Å². The second kappa shape index (κ2) is 23.4. The Morgan fingerprint density at radius 3 is 1.35 bits per heavy atom. The van der Waals surface area contributed by atoms with Crippen LogP contribution < -0.4 is 5.32 Å². The number of rotatable bonds is 14. The van der Waals surface area contributed by atoms with E-state index < -0.39 is 35.1 Å². The third-order valence-electron chi connectivity index (χ3n) is 7.50. The first-order valence-electron chi connectivity index (χ1n) is 17.0. The molecule has 3 aromatic rings. The quantitative estimate of drug-likeness (QED) is 0.0860.